The highest BCUT2D eigenvalue weighted by molar-refractivity contribution is 7.13. The van der Waals surface area contributed by atoms with Gasteiger partial charge in [-0.25, -0.2) is 0 Å². The number of hydrogen-bond donors (Lipinski definition) is 1. The van der Waals surface area contributed by atoms with Gasteiger partial charge in [0.2, 0.25) is 5.01 Å². The lowest BCUT2D eigenvalue weighted by atomic mass is 9.96. The number of nitrogens with zero attached hydrogens (tertiary/aromatic N) is 6. The van der Waals surface area contributed by atoms with Gasteiger partial charge in [0.15, 0.2) is 5.65 Å². The van der Waals surface area contributed by atoms with Gasteiger partial charge in [0.1, 0.15) is 10.8 Å². The van der Waals surface area contributed by atoms with Gasteiger partial charge in [-0.2, -0.15) is 0 Å². The monoisotopic (exact) mass is 433 g/mol. The van der Waals surface area contributed by atoms with Gasteiger partial charge in [-0.1, -0.05) is 35.1 Å². The summed E-state index contributed by atoms with van der Waals surface area (Å²) in [5.74, 6) is 1.23. The predicted molar refractivity (Wildman–Crippen MR) is 119 cm³/mol. The zero-order valence-electron chi connectivity index (χ0n) is 17.2. The summed E-state index contributed by atoms with van der Waals surface area (Å²) < 4.78 is 2.09. The quantitative estimate of drug-likeness (QED) is 0.518. The van der Waals surface area contributed by atoms with Crippen molar-refractivity contribution in [2.75, 3.05) is 18.4 Å². The maximum Gasteiger partial charge on any atom is 0.286 e. The Morgan fingerprint density at radius 3 is 2.68 bits per heavy atom. The Bertz CT molecular complexity index is 1190. The van der Waals surface area contributed by atoms with Gasteiger partial charge >= 0.3 is 0 Å². The van der Waals surface area contributed by atoms with Crippen molar-refractivity contribution in [1.29, 1.82) is 0 Å². The molecular formula is C22H23N7OS. The number of likely N-dealkylation sites (tertiary alicyclic amines) is 1. The molecule has 4 heterocycles. The zero-order chi connectivity index (χ0) is 21.2. The van der Waals surface area contributed by atoms with E-state index < -0.39 is 0 Å². The smallest absolute Gasteiger partial charge is 0.286 e. The molecule has 1 N–H and O–H groups in total. The van der Waals surface area contributed by atoms with E-state index in [0.29, 0.717) is 17.5 Å². The maximum absolute atomic E-state index is 12.5. The fraction of sp³-hybridized carbons (Fsp3) is 0.318. The summed E-state index contributed by atoms with van der Waals surface area (Å²) in [4.78, 5) is 14.8. The topological polar surface area (TPSA) is 88.3 Å². The third-order valence-corrected chi connectivity index (χ3v) is 6.53. The summed E-state index contributed by atoms with van der Waals surface area (Å²) in [6.07, 6.45) is 4.08. The molecule has 0 saturated carbocycles. The molecule has 1 aromatic carbocycles. The van der Waals surface area contributed by atoms with Crippen LogP contribution in [0.1, 0.15) is 45.0 Å². The number of aromatic nitrogens is 5. The number of nitrogens with one attached hydrogen (secondary N) is 1. The minimum Gasteiger partial charge on any atom is -0.320 e. The number of rotatable bonds is 5. The summed E-state index contributed by atoms with van der Waals surface area (Å²) in [6.45, 7) is 4.64. The fourth-order valence-electron chi connectivity index (χ4n) is 3.91. The van der Waals surface area contributed by atoms with Crippen LogP contribution in [-0.4, -0.2) is 48.7 Å². The summed E-state index contributed by atoms with van der Waals surface area (Å²) in [6, 6.07) is 13.7. The average molecular weight is 434 g/mol. The molecule has 5 rings (SSSR count). The Hall–Kier alpha value is -3.17. The lowest BCUT2D eigenvalue weighted by molar-refractivity contribution is 0.102. The SMILES string of the molecule is Cc1ccc(NC(=O)c2nnc(CN3CCC(c4nnc5ccccn45)CC3)s2)cc1. The first-order valence-electron chi connectivity index (χ1n) is 10.4. The summed E-state index contributed by atoms with van der Waals surface area (Å²) in [7, 11) is 0. The lowest BCUT2D eigenvalue weighted by Gasteiger charge is -2.30. The van der Waals surface area contributed by atoms with E-state index in [0.717, 1.165) is 53.7 Å². The van der Waals surface area contributed by atoms with Crippen LogP contribution >= 0.6 is 11.3 Å². The number of carbonyl (C=O) groups excluding carboxylic acids is 1. The highest BCUT2D eigenvalue weighted by Crippen LogP contribution is 2.28. The number of carbonyl (C=O) groups is 1. The highest BCUT2D eigenvalue weighted by Gasteiger charge is 2.25. The number of amides is 1. The van der Waals surface area contributed by atoms with Crippen molar-refractivity contribution in [2.24, 2.45) is 0 Å². The van der Waals surface area contributed by atoms with E-state index in [4.69, 9.17) is 0 Å². The van der Waals surface area contributed by atoms with Crippen LogP contribution in [0.25, 0.3) is 5.65 Å². The molecule has 9 heteroatoms. The number of piperidine rings is 1. The van der Waals surface area contributed by atoms with E-state index in [2.05, 4.69) is 35.0 Å². The Kier molecular flexibility index (Phi) is 5.44. The molecule has 1 aliphatic rings. The van der Waals surface area contributed by atoms with Gasteiger partial charge in [-0.3, -0.25) is 14.1 Å². The molecule has 1 aliphatic heterocycles. The van der Waals surface area contributed by atoms with E-state index in [1.165, 1.54) is 11.3 Å². The van der Waals surface area contributed by atoms with Crippen LogP contribution in [0.4, 0.5) is 5.69 Å². The largest absolute Gasteiger partial charge is 0.320 e. The van der Waals surface area contributed by atoms with Crippen molar-refractivity contribution in [3.63, 3.8) is 0 Å². The second-order valence-corrected chi connectivity index (χ2v) is 8.92. The highest BCUT2D eigenvalue weighted by atomic mass is 32.1. The van der Waals surface area contributed by atoms with Crippen LogP contribution in [-0.2, 0) is 6.54 Å². The van der Waals surface area contributed by atoms with Crippen molar-refractivity contribution >= 4 is 28.6 Å². The number of anilines is 1. The van der Waals surface area contributed by atoms with Gasteiger partial charge in [0, 0.05) is 17.8 Å². The number of benzene rings is 1. The van der Waals surface area contributed by atoms with Crippen LogP contribution in [0.15, 0.2) is 48.7 Å². The third-order valence-electron chi connectivity index (χ3n) is 5.62. The second-order valence-electron chi connectivity index (χ2n) is 7.86. The van der Waals surface area contributed by atoms with E-state index in [1.807, 2.05) is 55.6 Å². The van der Waals surface area contributed by atoms with Crippen LogP contribution < -0.4 is 5.32 Å². The van der Waals surface area contributed by atoms with Crippen LogP contribution in [0.5, 0.6) is 0 Å². The minimum absolute atomic E-state index is 0.218. The van der Waals surface area contributed by atoms with Gasteiger partial charge in [-0.05, 0) is 57.1 Å². The standard InChI is InChI=1S/C22H23N7OS/c1-15-5-7-17(8-6-15)23-21(30)22-27-25-19(31-22)14-28-12-9-16(10-13-28)20-26-24-18-4-2-3-11-29(18)20/h2-8,11,16H,9-10,12-14H2,1H3,(H,23,30). The van der Waals surface area contributed by atoms with Crippen LogP contribution in [0.3, 0.4) is 0 Å². The molecule has 0 atom stereocenters. The third kappa shape index (κ3) is 4.33. The molecule has 0 radical (unpaired) electrons. The van der Waals surface area contributed by atoms with Crippen molar-refractivity contribution in [1.82, 2.24) is 29.7 Å². The molecule has 158 valence electrons. The van der Waals surface area contributed by atoms with Gasteiger partial charge in [-0.15, -0.1) is 20.4 Å². The summed E-state index contributed by atoms with van der Waals surface area (Å²) in [5, 5.41) is 21.2. The normalized spacial score (nSPS) is 15.4. The first-order chi connectivity index (χ1) is 15.2. The first kappa shape index (κ1) is 19.8. The number of hydrogen-bond acceptors (Lipinski definition) is 7. The van der Waals surface area contributed by atoms with Gasteiger partial charge < -0.3 is 5.32 Å². The molecule has 1 amide bonds. The molecule has 0 spiro atoms. The molecular weight excluding hydrogens is 410 g/mol. The van der Waals surface area contributed by atoms with Crippen LogP contribution in [0.2, 0.25) is 0 Å². The Morgan fingerprint density at radius 1 is 1.06 bits per heavy atom. The Morgan fingerprint density at radius 2 is 1.87 bits per heavy atom. The Labute approximate surface area is 184 Å². The van der Waals surface area contributed by atoms with E-state index in [1.54, 1.807) is 0 Å². The minimum atomic E-state index is -0.218. The summed E-state index contributed by atoms with van der Waals surface area (Å²) in [5.41, 5.74) is 2.80. The van der Waals surface area contributed by atoms with Crippen molar-refractivity contribution in [3.05, 3.63) is 70.1 Å². The molecule has 31 heavy (non-hydrogen) atoms. The van der Waals surface area contributed by atoms with Crippen molar-refractivity contribution in [3.8, 4) is 0 Å². The lowest BCUT2D eigenvalue weighted by Crippen LogP contribution is -2.33. The molecule has 8 nitrogen and oxygen atoms in total. The van der Waals surface area contributed by atoms with E-state index >= 15 is 0 Å². The maximum atomic E-state index is 12.5. The predicted octanol–water partition coefficient (Wildman–Crippen LogP) is 3.52. The number of aryl methyl sites for hydroxylation is 1. The van der Waals surface area contributed by atoms with Crippen LogP contribution in [0, 0.1) is 6.92 Å². The number of pyridine rings is 1. The molecule has 0 bridgehead atoms. The molecule has 0 unspecified atom stereocenters. The van der Waals surface area contributed by atoms with Gasteiger partial charge in [0.05, 0.1) is 6.54 Å². The summed E-state index contributed by atoms with van der Waals surface area (Å²) >= 11 is 1.36. The number of fused-ring (bicyclic) bond motifs is 1. The fourth-order valence-corrected chi connectivity index (χ4v) is 4.69. The molecule has 4 aromatic rings. The van der Waals surface area contributed by atoms with Crippen molar-refractivity contribution in [2.45, 2.75) is 32.2 Å². The Balaban J connectivity index is 1.17. The molecule has 1 fully saturated rings. The van der Waals surface area contributed by atoms with Crippen molar-refractivity contribution < 1.29 is 4.79 Å². The van der Waals surface area contributed by atoms with Gasteiger partial charge in [0.25, 0.3) is 5.91 Å². The zero-order valence-corrected chi connectivity index (χ0v) is 18.0. The molecule has 3 aromatic heterocycles. The molecule has 0 aliphatic carbocycles. The average Bonchev–Trinajstić information content (AvgIpc) is 3.43. The molecule has 1 saturated heterocycles. The first-order valence-corrected chi connectivity index (χ1v) is 11.2. The van der Waals surface area contributed by atoms with E-state index in [9.17, 15) is 4.79 Å². The van der Waals surface area contributed by atoms with E-state index in [-0.39, 0.29) is 5.91 Å². The second kappa shape index (κ2) is 8.52.